The van der Waals surface area contributed by atoms with Crippen molar-refractivity contribution in [3.8, 4) is 0 Å². The van der Waals surface area contributed by atoms with Gasteiger partial charge < -0.3 is 10.2 Å². The van der Waals surface area contributed by atoms with E-state index in [-0.39, 0.29) is 18.5 Å². The van der Waals surface area contributed by atoms with Crippen LogP contribution in [0.5, 0.6) is 0 Å². The van der Waals surface area contributed by atoms with E-state index in [0.717, 1.165) is 5.82 Å². The molecule has 2 aromatic heterocycles. The lowest BCUT2D eigenvalue weighted by Crippen LogP contribution is -2.39. The van der Waals surface area contributed by atoms with Gasteiger partial charge in [0.1, 0.15) is 5.82 Å². The highest BCUT2D eigenvalue weighted by atomic mass is 16.2. The van der Waals surface area contributed by atoms with Gasteiger partial charge >= 0.3 is 0 Å². The maximum atomic E-state index is 11.9. The molecule has 0 saturated heterocycles. The van der Waals surface area contributed by atoms with Crippen LogP contribution in [0, 0.1) is 0 Å². The van der Waals surface area contributed by atoms with Gasteiger partial charge in [-0.25, -0.2) is 4.98 Å². The van der Waals surface area contributed by atoms with Crippen LogP contribution in [0.1, 0.15) is 38.4 Å². The molecule has 0 aromatic carbocycles. The summed E-state index contributed by atoms with van der Waals surface area (Å²) in [6.07, 6.45) is 5.96. The monoisotopic (exact) mass is 288 g/mol. The maximum Gasteiger partial charge on any atom is 0.239 e. The molecule has 0 aliphatic heterocycles. The van der Waals surface area contributed by atoms with E-state index in [9.17, 15) is 4.79 Å². The zero-order valence-electron chi connectivity index (χ0n) is 12.6. The molecule has 2 aromatic rings. The van der Waals surface area contributed by atoms with Crippen molar-refractivity contribution in [2.24, 2.45) is 0 Å². The Kier molecular flexibility index (Phi) is 3.48. The van der Waals surface area contributed by atoms with Crippen molar-refractivity contribution >= 4 is 17.4 Å². The van der Waals surface area contributed by atoms with E-state index in [1.807, 2.05) is 31.5 Å². The Bertz CT molecular complexity index is 661. The smallest absolute Gasteiger partial charge is 0.239 e. The van der Waals surface area contributed by atoms with Crippen molar-refractivity contribution in [2.75, 3.05) is 18.5 Å². The molecule has 21 heavy (non-hydrogen) atoms. The number of nitrogens with one attached hydrogen (secondary N) is 1. The molecule has 1 aliphatic carbocycles. The van der Waals surface area contributed by atoms with Gasteiger partial charge in [0, 0.05) is 31.4 Å². The van der Waals surface area contributed by atoms with Crippen LogP contribution in [0.3, 0.4) is 0 Å². The first-order chi connectivity index (χ1) is 10.1. The molecule has 7 nitrogen and oxygen atoms in total. The van der Waals surface area contributed by atoms with Crippen LogP contribution in [0.15, 0.2) is 12.4 Å². The Morgan fingerprint density at radius 3 is 2.90 bits per heavy atom. The average Bonchev–Trinajstić information content (AvgIpc) is 3.16. The molecule has 1 amide bonds. The maximum absolute atomic E-state index is 11.9. The van der Waals surface area contributed by atoms with E-state index >= 15 is 0 Å². The Morgan fingerprint density at radius 2 is 2.24 bits per heavy atom. The lowest BCUT2D eigenvalue weighted by Gasteiger charge is -2.18. The van der Waals surface area contributed by atoms with Crippen LogP contribution in [-0.4, -0.2) is 45.1 Å². The van der Waals surface area contributed by atoms with Crippen molar-refractivity contribution in [1.82, 2.24) is 24.9 Å². The fourth-order valence-corrected chi connectivity index (χ4v) is 2.38. The predicted molar refractivity (Wildman–Crippen MR) is 79.3 cm³/mol. The van der Waals surface area contributed by atoms with E-state index < -0.39 is 0 Å². The Labute approximate surface area is 123 Å². The Morgan fingerprint density at radius 1 is 1.48 bits per heavy atom. The molecule has 7 heteroatoms. The highest BCUT2D eigenvalue weighted by Crippen LogP contribution is 2.39. The van der Waals surface area contributed by atoms with Gasteiger partial charge in [-0.2, -0.15) is 0 Å². The van der Waals surface area contributed by atoms with Gasteiger partial charge in [-0.3, -0.25) is 9.20 Å². The van der Waals surface area contributed by atoms with Gasteiger partial charge in [-0.05, 0) is 26.7 Å². The van der Waals surface area contributed by atoms with Crippen LogP contribution in [0.4, 0.5) is 5.82 Å². The highest BCUT2D eigenvalue weighted by molar-refractivity contribution is 5.82. The first-order valence-corrected chi connectivity index (χ1v) is 7.26. The molecule has 112 valence electrons. The number of carbonyl (C=O) groups is 1. The van der Waals surface area contributed by atoms with E-state index in [1.165, 1.54) is 12.8 Å². The average molecular weight is 288 g/mol. The molecular weight excluding hydrogens is 268 g/mol. The standard InChI is InChI=1S/C14H20N6O/c1-9(2)16-11(21)8-19(3)13-14-18-17-12(10-4-5-10)20(14)7-6-15-13/h6-7,9-10H,4-5,8H2,1-3H3,(H,16,21). The van der Waals surface area contributed by atoms with Crippen molar-refractivity contribution in [3.05, 3.63) is 18.2 Å². The predicted octanol–water partition coefficient (Wildman–Crippen LogP) is 0.962. The van der Waals surface area contributed by atoms with Crippen molar-refractivity contribution in [1.29, 1.82) is 0 Å². The van der Waals surface area contributed by atoms with Crippen molar-refractivity contribution in [2.45, 2.75) is 38.6 Å². The van der Waals surface area contributed by atoms with Gasteiger partial charge in [-0.15, -0.1) is 10.2 Å². The molecule has 2 heterocycles. The van der Waals surface area contributed by atoms with E-state index in [2.05, 4.69) is 20.5 Å². The number of anilines is 1. The second-order valence-corrected chi connectivity index (χ2v) is 5.86. The third kappa shape index (κ3) is 2.81. The number of hydrogen-bond donors (Lipinski definition) is 1. The summed E-state index contributed by atoms with van der Waals surface area (Å²) >= 11 is 0. The molecule has 0 spiro atoms. The van der Waals surface area contributed by atoms with E-state index in [4.69, 9.17) is 0 Å². The number of rotatable bonds is 5. The lowest BCUT2D eigenvalue weighted by atomic mass is 10.3. The summed E-state index contributed by atoms with van der Waals surface area (Å²) < 4.78 is 1.98. The molecule has 1 fully saturated rings. The lowest BCUT2D eigenvalue weighted by molar-refractivity contribution is -0.120. The van der Waals surface area contributed by atoms with Crippen LogP contribution >= 0.6 is 0 Å². The number of carbonyl (C=O) groups excluding carboxylic acids is 1. The van der Waals surface area contributed by atoms with Crippen LogP contribution in [0.25, 0.3) is 5.65 Å². The third-order valence-electron chi connectivity index (χ3n) is 3.47. The van der Waals surface area contributed by atoms with E-state index in [0.29, 0.717) is 17.4 Å². The summed E-state index contributed by atoms with van der Waals surface area (Å²) in [5.41, 5.74) is 0.708. The molecule has 0 unspecified atom stereocenters. The number of likely N-dealkylation sites (N-methyl/N-ethyl adjacent to an activating group) is 1. The largest absolute Gasteiger partial charge is 0.352 e. The third-order valence-corrected chi connectivity index (χ3v) is 3.47. The zero-order chi connectivity index (χ0) is 15.0. The van der Waals surface area contributed by atoms with Gasteiger partial charge in [0.2, 0.25) is 11.6 Å². The summed E-state index contributed by atoms with van der Waals surface area (Å²) in [4.78, 5) is 18.0. The SMILES string of the molecule is CC(C)NC(=O)CN(C)c1nccn2c(C3CC3)nnc12. The minimum Gasteiger partial charge on any atom is -0.352 e. The van der Waals surface area contributed by atoms with Gasteiger partial charge in [0.25, 0.3) is 0 Å². The van der Waals surface area contributed by atoms with E-state index in [1.54, 1.807) is 11.1 Å². The Balaban J connectivity index is 1.84. The Hall–Kier alpha value is -2.18. The first kappa shape index (κ1) is 13.8. The number of nitrogens with zero attached hydrogens (tertiary/aromatic N) is 5. The highest BCUT2D eigenvalue weighted by Gasteiger charge is 2.29. The number of fused-ring (bicyclic) bond motifs is 1. The van der Waals surface area contributed by atoms with Crippen LogP contribution < -0.4 is 10.2 Å². The molecule has 0 bridgehead atoms. The summed E-state index contributed by atoms with van der Waals surface area (Å²) in [5.74, 6) is 2.16. The van der Waals surface area contributed by atoms with Crippen molar-refractivity contribution in [3.63, 3.8) is 0 Å². The number of aromatic nitrogens is 4. The minimum atomic E-state index is -0.0294. The summed E-state index contributed by atoms with van der Waals surface area (Å²) in [6, 6.07) is 0.129. The molecule has 1 saturated carbocycles. The summed E-state index contributed by atoms with van der Waals surface area (Å²) in [6.45, 7) is 4.13. The quantitative estimate of drug-likeness (QED) is 0.887. The molecule has 0 atom stereocenters. The summed E-state index contributed by atoms with van der Waals surface area (Å²) in [7, 11) is 1.84. The minimum absolute atomic E-state index is 0.0294. The second kappa shape index (κ2) is 5.31. The molecular formula is C14H20N6O. The topological polar surface area (TPSA) is 75.4 Å². The van der Waals surface area contributed by atoms with Crippen LogP contribution in [-0.2, 0) is 4.79 Å². The molecule has 1 N–H and O–H groups in total. The molecule has 1 aliphatic rings. The fourth-order valence-electron chi connectivity index (χ4n) is 2.38. The van der Waals surface area contributed by atoms with Gasteiger partial charge in [-0.1, -0.05) is 0 Å². The van der Waals surface area contributed by atoms with Crippen molar-refractivity contribution < 1.29 is 4.79 Å². The number of hydrogen-bond acceptors (Lipinski definition) is 5. The second-order valence-electron chi connectivity index (χ2n) is 5.86. The van der Waals surface area contributed by atoms with Gasteiger partial charge in [0.05, 0.1) is 6.54 Å². The first-order valence-electron chi connectivity index (χ1n) is 7.26. The van der Waals surface area contributed by atoms with Gasteiger partial charge in [0.15, 0.2) is 5.82 Å². The zero-order valence-corrected chi connectivity index (χ0v) is 12.6. The molecule has 0 radical (unpaired) electrons. The molecule has 3 rings (SSSR count). The fraction of sp³-hybridized carbons (Fsp3) is 0.571. The normalized spacial score (nSPS) is 14.7. The van der Waals surface area contributed by atoms with Crippen LogP contribution in [0.2, 0.25) is 0 Å². The number of amides is 1. The summed E-state index contributed by atoms with van der Waals surface area (Å²) in [5, 5.41) is 11.4.